The van der Waals surface area contributed by atoms with Gasteiger partial charge >= 0.3 is 0 Å². The number of amides is 1. The minimum absolute atomic E-state index is 0.250. The third kappa shape index (κ3) is 5.13. The Morgan fingerprint density at radius 3 is 2.43 bits per heavy atom. The van der Waals surface area contributed by atoms with Crippen LogP contribution < -0.4 is 5.32 Å². The molecule has 0 spiro atoms. The summed E-state index contributed by atoms with van der Waals surface area (Å²) in [5, 5.41) is 29.1. The Balaban J connectivity index is 3.92. The Labute approximate surface area is 82.5 Å². The Morgan fingerprint density at radius 2 is 2.07 bits per heavy atom. The van der Waals surface area contributed by atoms with Crippen molar-refractivity contribution in [2.75, 3.05) is 6.61 Å². The molecule has 0 aromatic carbocycles. The molecule has 0 aliphatic heterocycles. The summed E-state index contributed by atoms with van der Waals surface area (Å²) in [6.45, 7) is 2.72. The van der Waals surface area contributed by atoms with Crippen molar-refractivity contribution in [3.8, 4) is 0 Å². The van der Waals surface area contributed by atoms with Crippen LogP contribution in [0.5, 0.6) is 0 Å². The topological polar surface area (TPSA) is 99.0 Å². The van der Waals surface area contributed by atoms with Gasteiger partial charge in [0.05, 0.1) is 12.7 Å². The second kappa shape index (κ2) is 6.72. The van der Waals surface area contributed by atoms with E-state index >= 15 is 0 Å². The zero-order valence-corrected chi connectivity index (χ0v) is 8.30. The van der Waals surface area contributed by atoms with Gasteiger partial charge in [0.1, 0.15) is 0 Å². The number of hydrogen-bond donors (Lipinski definition) is 4. The number of nitrogens with one attached hydrogen (secondary N) is 1. The quantitative estimate of drug-likeness (QED) is 0.399. The molecule has 0 saturated carbocycles. The molecule has 14 heavy (non-hydrogen) atoms. The summed E-state index contributed by atoms with van der Waals surface area (Å²) in [5.74, 6) is -0.475. The summed E-state index contributed by atoms with van der Waals surface area (Å²) in [4.78, 5) is 10.5. The first-order valence-corrected chi connectivity index (χ1v) is 4.40. The van der Waals surface area contributed by atoms with Gasteiger partial charge in [-0.15, -0.1) is 0 Å². The van der Waals surface area contributed by atoms with Crippen molar-refractivity contribution in [3.63, 3.8) is 0 Å². The minimum atomic E-state index is -1.53. The van der Waals surface area contributed by atoms with Crippen molar-refractivity contribution in [3.05, 3.63) is 0 Å². The first-order valence-electron chi connectivity index (χ1n) is 4.40. The van der Waals surface area contributed by atoms with E-state index in [4.69, 9.17) is 14.9 Å². The molecule has 6 nitrogen and oxygen atoms in total. The van der Waals surface area contributed by atoms with Crippen LogP contribution in [-0.2, 0) is 9.53 Å². The van der Waals surface area contributed by atoms with Crippen molar-refractivity contribution in [1.29, 1.82) is 0 Å². The molecule has 0 aliphatic rings. The van der Waals surface area contributed by atoms with Gasteiger partial charge in [-0.25, -0.2) is 0 Å². The van der Waals surface area contributed by atoms with Gasteiger partial charge in [-0.3, -0.25) is 4.79 Å². The van der Waals surface area contributed by atoms with E-state index in [1.54, 1.807) is 6.92 Å². The van der Waals surface area contributed by atoms with E-state index in [-0.39, 0.29) is 6.61 Å². The van der Waals surface area contributed by atoms with Gasteiger partial charge in [-0.05, 0) is 6.42 Å². The van der Waals surface area contributed by atoms with Crippen LogP contribution in [0.3, 0.4) is 0 Å². The molecule has 0 fully saturated rings. The molecule has 84 valence electrons. The maximum Gasteiger partial charge on any atom is 0.218 e. The molecule has 0 aromatic rings. The minimum Gasteiger partial charge on any atom is -0.394 e. The maximum absolute atomic E-state index is 10.5. The van der Waals surface area contributed by atoms with Gasteiger partial charge in [0, 0.05) is 6.92 Å². The van der Waals surface area contributed by atoms with E-state index in [2.05, 4.69) is 5.32 Å². The highest BCUT2D eigenvalue weighted by molar-refractivity contribution is 5.72. The molecule has 0 saturated heterocycles. The van der Waals surface area contributed by atoms with Crippen LogP contribution >= 0.6 is 0 Å². The van der Waals surface area contributed by atoms with E-state index in [0.29, 0.717) is 6.42 Å². The highest BCUT2D eigenvalue weighted by atomic mass is 16.6. The monoisotopic (exact) mass is 207 g/mol. The third-order valence-corrected chi connectivity index (χ3v) is 1.61. The van der Waals surface area contributed by atoms with Crippen molar-refractivity contribution < 1.29 is 24.9 Å². The number of carbonyl (C=O) groups is 1. The summed E-state index contributed by atoms with van der Waals surface area (Å²) in [5.41, 5.74) is 0. The third-order valence-electron chi connectivity index (χ3n) is 1.61. The Hall–Kier alpha value is -0.690. The predicted molar refractivity (Wildman–Crippen MR) is 48.1 cm³/mol. The molecule has 0 rings (SSSR count). The van der Waals surface area contributed by atoms with Crippen LogP contribution in [0.2, 0.25) is 0 Å². The predicted octanol–water partition coefficient (Wildman–Crippen LogP) is -1.45. The largest absolute Gasteiger partial charge is 0.394 e. The van der Waals surface area contributed by atoms with Crippen LogP contribution in [-0.4, -0.2) is 46.5 Å². The average Bonchev–Trinajstić information content (AvgIpc) is 2.12. The molecule has 3 atom stereocenters. The SMILES string of the molecule is CCC(CO)OC(O)C(O)NC(C)=O. The number of carbonyl (C=O) groups excluding carboxylic acids is 1. The van der Waals surface area contributed by atoms with Crippen LogP contribution in [0.4, 0.5) is 0 Å². The first-order chi connectivity index (χ1) is 6.51. The molecule has 6 heteroatoms. The molecule has 3 unspecified atom stereocenters. The summed E-state index contributed by atoms with van der Waals surface area (Å²) in [6.07, 6.45) is -3.06. The smallest absolute Gasteiger partial charge is 0.218 e. The fourth-order valence-electron chi connectivity index (χ4n) is 0.819. The first kappa shape index (κ1) is 13.3. The van der Waals surface area contributed by atoms with Gasteiger partial charge in [0.25, 0.3) is 0 Å². The Bertz CT molecular complexity index is 171. The average molecular weight is 207 g/mol. The lowest BCUT2D eigenvalue weighted by Gasteiger charge is -2.22. The molecule has 0 aliphatic carbocycles. The zero-order valence-electron chi connectivity index (χ0n) is 8.30. The van der Waals surface area contributed by atoms with E-state index in [0.717, 1.165) is 0 Å². The van der Waals surface area contributed by atoms with Crippen molar-refractivity contribution in [1.82, 2.24) is 5.32 Å². The highest BCUT2D eigenvalue weighted by Gasteiger charge is 2.20. The van der Waals surface area contributed by atoms with Crippen LogP contribution in [0, 0.1) is 0 Å². The highest BCUT2D eigenvalue weighted by Crippen LogP contribution is 2.02. The number of rotatable bonds is 6. The number of aliphatic hydroxyl groups excluding tert-OH is 3. The number of ether oxygens (including phenoxy) is 1. The lowest BCUT2D eigenvalue weighted by atomic mass is 10.3. The maximum atomic E-state index is 10.5. The Morgan fingerprint density at radius 1 is 1.50 bits per heavy atom. The molecule has 0 aromatic heterocycles. The summed E-state index contributed by atoms with van der Waals surface area (Å²) in [7, 11) is 0. The number of hydrogen-bond acceptors (Lipinski definition) is 5. The lowest BCUT2D eigenvalue weighted by Crippen LogP contribution is -2.45. The van der Waals surface area contributed by atoms with Crippen LogP contribution in [0.25, 0.3) is 0 Å². The zero-order chi connectivity index (χ0) is 11.1. The fraction of sp³-hybridized carbons (Fsp3) is 0.875. The lowest BCUT2D eigenvalue weighted by molar-refractivity contribution is -0.202. The van der Waals surface area contributed by atoms with Gasteiger partial charge in [-0.1, -0.05) is 6.92 Å². The summed E-state index contributed by atoms with van der Waals surface area (Å²) in [6, 6.07) is 0. The van der Waals surface area contributed by atoms with E-state index < -0.39 is 24.5 Å². The van der Waals surface area contributed by atoms with E-state index in [9.17, 15) is 9.90 Å². The normalized spacial score (nSPS) is 17.2. The fourth-order valence-corrected chi connectivity index (χ4v) is 0.819. The van der Waals surface area contributed by atoms with Gasteiger partial charge < -0.3 is 25.4 Å². The van der Waals surface area contributed by atoms with Crippen molar-refractivity contribution in [2.24, 2.45) is 0 Å². The Kier molecular flexibility index (Phi) is 6.39. The molecule has 0 bridgehead atoms. The van der Waals surface area contributed by atoms with Gasteiger partial charge in [-0.2, -0.15) is 0 Å². The van der Waals surface area contributed by atoms with Crippen LogP contribution in [0.1, 0.15) is 20.3 Å². The molecule has 4 N–H and O–H groups in total. The van der Waals surface area contributed by atoms with Gasteiger partial charge in [0.15, 0.2) is 6.23 Å². The number of aliphatic hydroxyl groups is 3. The van der Waals surface area contributed by atoms with Gasteiger partial charge in [0.2, 0.25) is 12.2 Å². The molecule has 0 radical (unpaired) electrons. The second-order valence-electron chi connectivity index (χ2n) is 2.88. The summed E-state index contributed by atoms with van der Waals surface area (Å²) >= 11 is 0. The molecular formula is C8H17NO5. The second-order valence-corrected chi connectivity index (χ2v) is 2.88. The van der Waals surface area contributed by atoms with Crippen molar-refractivity contribution in [2.45, 2.75) is 38.9 Å². The molecule has 1 amide bonds. The van der Waals surface area contributed by atoms with Crippen molar-refractivity contribution >= 4 is 5.91 Å². The van der Waals surface area contributed by atoms with E-state index in [1.807, 2.05) is 0 Å². The molecule has 0 heterocycles. The molecular weight excluding hydrogens is 190 g/mol. The standard InChI is InChI=1S/C8H17NO5/c1-3-6(4-10)14-8(13)7(12)9-5(2)11/h6-8,10,12-13H,3-4H2,1-2H3,(H,9,11). The van der Waals surface area contributed by atoms with E-state index in [1.165, 1.54) is 6.92 Å². The summed E-state index contributed by atoms with van der Waals surface area (Å²) < 4.78 is 4.85. The van der Waals surface area contributed by atoms with Crippen LogP contribution in [0.15, 0.2) is 0 Å².